The second kappa shape index (κ2) is 8.64. The number of phenolic OH excluding ortho intramolecular Hbond substituents is 4. The highest BCUT2D eigenvalue weighted by Gasteiger charge is 2.41. The average molecular weight is 507 g/mol. The first-order valence-electron chi connectivity index (χ1n) is 12.8. The Balaban J connectivity index is 1.55. The predicted molar refractivity (Wildman–Crippen MR) is 152 cm³/mol. The van der Waals surface area contributed by atoms with Crippen LogP contribution < -0.4 is 10.4 Å². The van der Waals surface area contributed by atoms with E-state index in [0.717, 1.165) is 28.6 Å². The first-order valence-corrected chi connectivity index (χ1v) is 12.8. The van der Waals surface area contributed by atoms with Gasteiger partial charge in [-0.05, 0) is 69.1 Å². The van der Waals surface area contributed by atoms with Gasteiger partial charge in [0.1, 0.15) is 23.0 Å². The molecule has 1 heterocycles. The van der Waals surface area contributed by atoms with E-state index >= 15 is 0 Å². The molecule has 38 heavy (non-hydrogen) atoms. The van der Waals surface area contributed by atoms with Gasteiger partial charge in [-0.2, -0.15) is 0 Å². The number of hydrogen-bond acceptors (Lipinski definition) is 6. The summed E-state index contributed by atoms with van der Waals surface area (Å²) >= 11 is 0. The topological polar surface area (TPSA) is 97.1 Å². The monoisotopic (exact) mass is 506 g/mol. The number of allylic oxidation sites excluding steroid dienone is 3. The molecule has 6 nitrogen and oxygen atoms in total. The van der Waals surface area contributed by atoms with Crippen LogP contribution in [0.5, 0.6) is 23.0 Å². The van der Waals surface area contributed by atoms with E-state index in [2.05, 4.69) is 11.1 Å². The number of fused-ring (bicyclic) bond motifs is 5. The van der Waals surface area contributed by atoms with Gasteiger partial charge in [-0.25, -0.2) is 0 Å². The molecule has 2 aliphatic rings. The third kappa shape index (κ3) is 3.56. The van der Waals surface area contributed by atoms with Crippen LogP contribution in [0.3, 0.4) is 0 Å². The molecular weight excluding hydrogens is 476 g/mol. The summed E-state index contributed by atoms with van der Waals surface area (Å²) < 4.78 is 0. The fourth-order valence-corrected chi connectivity index (χ4v) is 6.07. The lowest BCUT2D eigenvalue weighted by molar-refractivity contribution is 0.386. The predicted octanol–water partition coefficient (Wildman–Crippen LogP) is 4.32. The minimum absolute atomic E-state index is 0.0144. The van der Waals surface area contributed by atoms with Crippen LogP contribution in [-0.4, -0.2) is 44.4 Å². The van der Waals surface area contributed by atoms with E-state index in [0.29, 0.717) is 45.1 Å². The first kappa shape index (κ1) is 24.1. The van der Waals surface area contributed by atoms with Crippen molar-refractivity contribution in [3.8, 4) is 23.0 Å². The maximum atomic E-state index is 11.5. The fourth-order valence-electron chi connectivity index (χ4n) is 6.07. The number of aromatic nitrogens is 1. The van der Waals surface area contributed by atoms with E-state index < -0.39 is 5.41 Å². The van der Waals surface area contributed by atoms with Crippen LogP contribution in [0.15, 0.2) is 48.7 Å². The van der Waals surface area contributed by atoms with E-state index in [1.165, 1.54) is 6.07 Å². The van der Waals surface area contributed by atoms with Crippen molar-refractivity contribution in [3.05, 3.63) is 81.5 Å². The number of nitrogens with zero attached hydrogens (tertiary/aromatic N) is 2. The molecule has 0 saturated carbocycles. The number of rotatable bonds is 4. The molecule has 1 spiro atoms. The van der Waals surface area contributed by atoms with Gasteiger partial charge in [0.15, 0.2) is 0 Å². The van der Waals surface area contributed by atoms with Crippen molar-refractivity contribution < 1.29 is 20.4 Å². The molecule has 0 amide bonds. The van der Waals surface area contributed by atoms with Gasteiger partial charge in [-0.15, -0.1) is 0 Å². The Labute approximate surface area is 220 Å². The molecule has 0 saturated heterocycles. The Kier molecular flexibility index (Phi) is 5.47. The summed E-state index contributed by atoms with van der Waals surface area (Å²) in [5.41, 5.74) is 2.64. The van der Waals surface area contributed by atoms with Gasteiger partial charge in [-0.1, -0.05) is 36.4 Å². The minimum atomic E-state index is -0.665. The Hall–Kier alpha value is -4.29. The Bertz CT molecular complexity index is 1840. The molecule has 0 radical (unpaired) electrons. The van der Waals surface area contributed by atoms with Gasteiger partial charge in [0.25, 0.3) is 0 Å². The normalized spacial score (nSPS) is 18.2. The van der Waals surface area contributed by atoms with Crippen LogP contribution in [0.2, 0.25) is 0 Å². The number of benzene rings is 3. The van der Waals surface area contributed by atoms with E-state index in [9.17, 15) is 20.4 Å². The molecule has 0 fully saturated rings. The minimum Gasteiger partial charge on any atom is -0.508 e. The fraction of sp³-hybridized carbons (Fsp3) is 0.219. The molecule has 6 heteroatoms. The zero-order valence-electron chi connectivity index (χ0n) is 21.7. The van der Waals surface area contributed by atoms with Crippen molar-refractivity contribution in [1.82, 2.24) is 9.88 Å². The summed E-state index contributed by atoms with van der Waals surface area (Å²) in [6.45, 7) is 2.45. The third-order valence-corrected chi connectivity index (χ3v) is 7.76. The number of phenols is 4. The van der Waals surface area contributed by atoms with Crippen LogP contribution in [0.25, 0.3) is 39.8 Å². The lowest BCUT2D eigenvalue weighted by Crippen LogP contribution is -2.22. The molecule has 1 aromatic heterocycles. The lowest BCUT2D eigenvalue weighted by Gasteiger charge is -2.22. The zero-order chi connectivity index (χ0) is 26.8. The summed E-state index contributed by atoms with van der Waals surface area (Å²) in [4.78, 5) is 6.44. The van der Waals surface area contributed by atoms with Gasteiger partial charge >= 0.3 is 0 Å². The molecule has 0 bridgehead atoms. The van der Waals surface area contributed by atoms with Crippen LogP contribution >= 0.6 is 0 Å². The molecule has 192 valence electrons. The summed E-state index contributed by atoms with van der Waals surface area (Å²) in [7, 11) is 3.81. The van der Waals surface area contributed by atoms with Gasteiger partial charge in [0.2, 0.25) is 0 Å². The average Bonchev–Trinajstić information content (AvgIpc) is 3.44. The second-order valence-electron chi connectivity index (χ2n) is 10.6. The van der Waals surface area contributed by atoms with E-state index in [-0.39, 0.29) is 23.0 Å². The highest BCUT2D eigenvalue weighted by molar-refractivity contribution is 5.98. The molecule has 4 N–H and O–H groups in total. The maximum absolute atomic E-state index is 11.5. The van der Waals surface area contributed by atoms with Gasteiger partial charge in [0.05, 0.1) is 5.69 Å². The van der Waals surface area contributed by atoms with Crippen molar-refractivity contribution in [2.24, 2.45) is 0 Å². The van der Waals surface area contributed by atoms with Gasteiger partial charge in [0, 0.05) is 55.9 Å². The number of aromatic hydroxyl groups is 4. The van der Waals surface area contributed by atoms with Crippen molar-refractivity contribution >= 4 is 39.8 Å². The second-order valence-corrected chi connectivity index (χ2v) is 10.6. The molecule has 3 aromatic carbocycles. The highest BCUT2D eigenvalue weighted by Crippen LogP contribution is 2.50. The number of hydrogen-bond donors (Lipinski definition) is 4. The zero-order valence-corrected chi connectivity index (χ0v) is 21.7. The highest BCUT2D eigenvalue weighted by atomic mass is 16.3. The molecular formula is C32H30N2O4. The van der Waals surface area contributed by atoms with Crippen LogP contribution in [-0.2, 0) is 18.4 Å². The molecule has 2 aliphatic carbocycles. The molecule has 4 aromatic rings. The van der Waals surface area contributed by atoms with E-state index in [1.54, 1.807) is 12.3 Å². The van der Waals surface area contributed by atoms with Crippen LogP contribution in [0.1, 0.15) is 35.7 Å². The largest absolute Gasteiger partial charge is 0.508 e. The first-order chi connectivity index (χ1) is 18.2. The molecule has 0 unspecified atom stereocenters. The van der Waals surface area contributed by atoms with Crippen LogP contribution in [0.4, 0.5) is 0 Å². The van der Waals surface area contributed by atoms with Crippen LogP contribution in [0, 0.1) is 0 Å². The van der Waals surface area contributed by atoms with Crippen molar-refractivity contribution in [2.45, 2.75) is 31.7 Å². The molecule has 6 rings (SSSR count). The Morgan fingerprint density at radius 2 is 1.61 bits per heavy atom. The summed E-state index contributed by atoms with van der Waals surface area (Å²) in [6.07, 6.45) is 14.8. The van der Waals surface area contributed by atoms with Gasteiger partial charge in [-0.3, -0.25) is 4.98 Å². The summed E-state index contributed by atoms with van der Waals surface area (Å²) in [5.74, 6) is 0.330. The van der Waals surface area contributed by atoms with E-state index in [1.807, 2.05) is 68.4 Å². The maximum Gasteiger partial charge on any atom is 0.131 e. The SMILES string of the molecule is C/C=C/C=C/c1cc2cc3c(c(O)c2cn1)[C@@]1(C=c2c(O)c4cc(O)c(CN(C)C)cc4c(O)c2=C1)CC3. The van der Waals surface area contributed by atoms with E-state index in [4.69, 9.17) is 0 Å². The summed E-state index contributed by atoms with van der Waals surface area (Å²) in [5, 5.41) is 48.3. The smallest absolute Gasteiger partial charge is 0.131 e. The Morgan fingerprint density at radius 1 is 0.895 bits per heavy atom. The van der Waals surface area contributed by atoms with Crippen molar-refractivity contribution in [2.75, 3.05) is 14.1 Å². The lowest BCUT2D eigenvalue weighted by atomic mass is 9.81. The number of aryl methyl sites for hydroxylation is 1. The van der Waals surface area contributed by atoms with Crippen molar-refractivity contribution in [3.63, 3.8) is 0 Å². The molecule has 1 atom stereocenters. The van der Waals surface area contributed by atoms with Gasteiger partial charge < -0.3 is 25.3 Å². The standard InChI is InChI=1S/C32H30N2O4/c1-4-5-6-7-21-11-19-10-18-8-9-32(28(18)31(38)26(19)16-33-21)14-24-25(15-32)30(37)23-13-27(35)20(17-34(2)3)12-22(23)29(24)36/h4-7,10-16,35-38H,8-9,17H2,1-3H3/b5-4+,7-6+/t32-/m0/s1. The Morgan fingerprint density at radius 3 is 2.29 bits per heavy atom. The summed E-state index contributed by atoms with van der Waals surface area (Å²) in [6, 6.07) is 7.34. The number of pyridine rings is 1. The van der Waals surface area contributed by atoms with Crippen molar-refractivity contribution in [1.29, 1.82) is 0 Å². The third-order valence-electron chi connectivity index (χ3n) is 7.76. The molecule has 0 aliphatic heterocycles. The quantitative estimate of drug-likeness (QED) is 0.243.